The SMILES string of the molecule is COCCCN1C(=O)C(=Cc2cn(-c3ccccc3)nc2-c2ccncc2)SC1=S. The number of hydrogen-bond acceptors (Lipinski definition) is 6. The molecule has 6 nitrogen and oxygen atoms in total. The quantitative estimate of drug-likeness (QED) is 0.315. The summed E-state index contributed by atoms with van der Waals surface area (Å²) >= 11 is 6.75. The Hall–Kier alpha value is -2.81. The third-order valence-electron chi connectivity index (χ3n) is 4.61. The van der Waals surface area contributed by atoms with E-state index >= 15 is 0 Å². The smallest absolute Gasteiger partial charge is 0.266 e. The molecule has 152 valence electrons. The van der Waals surface area contributed by atoms with Crippen molar-refractivity contribution in [3.63, 3.8) is 0 Å². The second-order valence-electron chi connectivity index (χ2n) is 6.63. The number of carbonyl (C=O) groups excluding carboxylic acids is 1. The number of ether oxygens (including phenoxy) is 1. The van der Waals surface area contributed by atoms with E-state index in [-0.39, 0.29) is 5.91 Å². The molecule has 1 saturated heterocycles. The molecular formula is C22H20N4O2S2. The number of pyridine rings is 1. The van der Waals surface area contributed by atoms with Crippen molar-refractivity contribution in [1.82, 2.24) is 19.7 Å². The molecule has 0 unspecified atom stereocenters. The van der Waals surface area contributed by atoms with Gasteiger partial charge >= 0.3 is 0 Å². The fourth-order valence-electron chi connectivity index (χ4n) is 3.14. The van der Waals surface area contributed by atoms with Crippen LogP contribution in [0.1, 0.15) is 12.0 Å². The number of aromatic nitrogens is 3. The zero-order chi connectivity index (χ0) is 20.9. The minimum absolute atomic E-state index is 0.0748. The molecule has 0 atom stereocenters. The Labute approximate surface area is 184 Å². The van der Waals surface area contributed by atoms with Crippen LogP contribution in [0.15, 0.2) is 66.0 Å². The van der Waals surface area contributed by atoms with E-state index in [1.54, 1.807) is 24.4 Å². The van der Waals surface area contributed by atoms with Crippen molar-refractivity contribution in [2.75, 3.05) is 20.3 Å². The highest BCUT2D eigenvalue weighted by atomic mass is 32.2. The van der Waals surface area contributed by atoms with Gasteiger partial charge < -0.3 is 4.74 Å². The largest absolute Gasteiger partial charge is 0.385 e. The van der Waals surface area contributed by atoms with Crippen molar-refractivity contribution >= 4 is 40.3 Å². The standard InChI is InChI=1S/C22H20N4O2S2/c1-28-13-5-12-25-21(27)19(30-22(25)29)14-17-15-26(18-6-3-2-4-7-18)24-20(17)16-8-10-23-11-9-16/h2-4,6-11,14-15H,5,12-13H2,1H3. The van der Waals surface area contributed by atoms with E-state index in [4.69, 9.17) is 22.1 Å². The monoisotopic (exact) mass is 436 g/mol. The van der Waals surface area contributed by atoms with Gasteiger partial charge in [0.2, 0.25) is 0 Å². The van der Waals surface area contributed by atoms with Gasteiger partial charge in [-0.05, 0) is 36.8 Å². The minimum atomic E-state index is -0.0748. The number of amides is 1. The Morgan fingerprint density at radius 1 is 1.17 bits per heavy atom. The van der Waals surface area contributed by atoms with Crippen molar-refractivity contribution < 1.29 is 9.53 Å². The molecule has 1 aromatic carbocycles. The molecule has 0 saturated carbocycles. The summed E-state index contributed by atoms with van der Waals surface area (Å²) in [5, 5.41) is 4.78. The third kappa shape index (κ3) is 4.35. The lowest BCUT2D eigenvalue weighted by molar-refractivity contribution is -0.122. The second-order valence-corrected chi connectivity index (χ2v) is 8.30. The number of para-hydroxylation sites is 1. The van der Waals surface area contributed by atoms with Crippen molar-refractivity contribution in [2.45, 2.75) is 6.42 Å². The van der Waals surface area contributed by atoms with Crippen LogP contribution in [0.4, 0.5) is 0 Å². The lowest BCUT2D eigenvalue weighted by Gasteiger charge is -2.13. The Morgan fingerprint density at radius 3 is 2.67 bits per heavy atom. The first-order valence-electron chi connectivity index (χ1n) is 9.47. The summed E-state index contributed by atoms with van der Waals surface area (Å²) in [6.45, 7) is 1.14. The molecule has 0 bridgehead atoms. The summed E-state index contributed by atoms with van der Waals surface area (Å²) in [5.41, 5.74) is 3.51. The van der Waals surface area contributed by atoms with Crippen LogP contribution in [-0.2, 0) is 9.53 Å². The van der Waals surface area contributed by atoms with Gasteiger partial charge in [-0.1, -0.05) is 42.2 Å². The fraction of sp³-hybridized carbons (Fsp3) is 0.182. The first kappa shape index (κ1) is 20.5. The highest BCUT2D eigenvalue weighted by Gasteiger charge is 2.32. The van der Waals surface area contributed by atoms with Crippen LogP contribution in [0.3, 0.4) is 0 Å². The number of nitrogens with zero attached hydrogens (tertiary/aromatic N) is 4. The molecule has 1 aliphatic rings. The van der Waals surface area contributed by atoms with Gasteiger partial charge in [-0.25, -0.2) is 4.68 Å². The van der Waals surface area contributed by atoms with Crippen molar-refractivity contribution in [3.05, 3.63) is 71.5 Å². The molecule has 3 aromatic rings. The molecule has 8 heteroatoms. The number of hydrogen-bond donors (Lipinski definition) is 0. The van der Waals surface area contributed by atoms with Gasteiger partial charge in [0.25, 0.3) is 5.91 Å². The maximum absolute atomic E-state index is 12.9. The average Bonchev–Trinajstić information content (AvgIpc) is 3.31. The summed E-state index contributed by atoms with van der Waals surface area (Å²) in [5.74, 6) is -0.0748. The molecule has 0 N–H and O–H groups in total. The molecule has 0 aliphatic carbocycles. The predicted octanol–water partition coefficient (Wildman–Crippen LogP) is 4.17. The Kier molecular flexibility index (Phi) is 6.37. The summed E-state index contributed by atoms with van der Waals surface area (Å²) in [7, 11) is 1.65. The van der Waals surface area contributed by atoms with Gasteiger partial charge in [0.15, 0.2) is 0 Å². The highest BCUT2D eigenvalue weighted by molar-refractivity contribution is 8.26. The van der Waals surface area contributed by atoms with Gasteiger partial charge in [-0.15, -0.1) is 0 Å². The van der Waals surface area contributed by atoms with E-state index in [2.05, 4.69) is 4.98 Å². The van der Waals surface area contributed by atoms with Crippen LogP contribution in [0.2, 0.25) is 0 Å². The average molecular weight is 437 g/mol. The van der Waals surface area contributed by atoms with Crippen LogP contribution in [0.25, 0.3) is 23.0 Å². The summed E-state index contributed by atoms with van der Waals surface area (Å²) in [6, 6.07) is 13.7. The van der Waals surface area contributed by atoms with Crippen LogP contribution >= 0.6 is 24.0 Å². The minimum Gasteiger partial charge on any atom is -0.385 e. The Bertz CT molecular complexity index is 1080. The maximum atomic E-state index is 12.9. The number of carbonyl (C=O) groups is 1. The van der Waals surface area contributed by atoms with E-state index in [1.807, 2.05) is 59.4 Å². The molecule has 0 spiro atoms. The van der Waals surface area contributed by atoms with Gasteiger partial charge in [0, 0.05) is 50.0 Å². The zero-order valence-electron chi connectivity index (χ0n) is 16.4. The van der Waals surface area contributed by atoms with Crippen molar-refractivity contribution in [1.29, 1.82) is 0 Å². The fourth-order valence-corrected chi connectivity index (χ4v) is 4.44. The van der Waals surface area contributed by atoms with E-state index in [1.165, 1.54) is 11.8 Å². The van der Waals surface area contributed by atoms with Gasteiger partial charge in [-0.3, -0.25) is 14.7 Å². The second kappa shape index (κ2) is 9.34. The van der Waals surface area contributed by atoms with Crippen molar-refractivity contribution in [2.24, 2.45) is 0 Å². The lowest BCUT2D eigenvalue weighted by atomic mass is 10.1. The summed E-state index contributed by atoms with van der Waals surface area (Å²) < 4.78 is 7.48. The van der Waals surface area contributed by atoms with Gasteiger partial charge in [-0.2, -0.15) is 5.10 Å². The normalized spacial score (nSPS) is 15.4. The van der Waals surface area contributed by atoms with Gasteiger partial charge in [0.05, 0.1) is 10.6 Å². The van der Waals surface area contributed by atoms with Crippen LogP contribution < -0.4 is 0 Å². The van der Waals surface area contributed by atoms with Crippen LogP contribution in [0, 0.1) is 0 Å². The first-order valence-corrected chi connectivity index (χ1v) is 10.7. The number of benzene rings is 1. The Balaban J connectivity index is 1.70. The summed E-state index contributed by atoms with van der Waals surface area (Å²) in [4.78, 5) is 19.2. The first-order chi connectivity index (χ1) is 14.7. The molecule has 30 heavy (non-hydrogen) atoms. The van der Waals surface area contributed by atoms with E-state index in [0.717, 1.165) is 28.9 Å². The number of methoxy groups -OCH3 is 1. The van der Waals surface area contributed by atoms with Gasteiger partial charge in [0.1, 0.15) is 10.0 Å². The molecule has 1 fully saturated rings. The number of thioether (sulfide) groups is 1. The maximum Gasteiger partial charge on any atom is 0.266 e. The van der Waals surface area contributed by atoms with Crippen LogP contribution in [-0.4, -0.2) is 50.2 Å². The number of thiocarbonyl (C=S) groups is 1. The summed E-state index contributed by atoms with van der Waals surface area (Å²) in [6.07, 6.45) is 8.01. The molecule has 4 rings (SSSR count). The van der Waals surface area contributed by atoms with E-state index in [9.17, 15) is 4.79 Å². The highest BCUT2D eigenvalue weighted by Crippen LogP contribution is 2.34. The molecular weight excluding hydrogens is 416 g/mol. The molecule has 1 amide bonds. The predicted molar refractivity (Wildman–Crippen MR) is 123 cm³/mol. The topological polar surface area (TPSA) is 60.2 Å². The van der Waals surface area contributed by atoms with E-state index < -0.39 is 0 Å². The van der Waals surface area contributed by atoms with Crippen LogP contribution in [0.5, 0.6) is 0 Å². The van der Waals surface area contributed by atoms with E-state index in [0.29, 0.717) is 22.4 Å². The number of rotatable bonds is 7. The zero-order valence-corrected chi connectivity index (χ0v) is 18.0. The molecule has 0 radical (unpaired) electrons. The molecule has 1 aliphatic heterocycles. The van der Waals surface area contributed by atoms with Crippen molar-refractivity contribution in [3.8, 4) is 16.9 Å². The molecule has 3 heterocycles. The lowest BCUT2D eigenvalue weighted by Crippen LogP contribution is -2.29. The third-order valence-corrected chi connectivity index (χ3v) is 5.99. The Morgan fingerprint density at radius 2 is 1.93 bits per heavy atom. The molecule has 2 aromatic heterocycles.